The van der Waals surface area contributed by atoms with Crippen LogP contribution in [0.1, 0.15) is 72.9 Å². The smallest absolute Gasteiger partial charge is 0.197 e. The Bertz CT molecular complexity index is 2420. The summed E-state index contributed by atoms with van der Waals surface area (Å²) < 4.78 is 12.1. The van der Waals surface area contributed by atoms with Crippen LogP contribution in [0.15, 0.2) is 113 Å². The van der Waals surface area contributed by atoms with Crippen LogP contribution in [0.25, 0.3) is 5.70 Å². The zero-order chi connectivity index (χ0) is 37.6. The van der Waals surface area contributed by atoms with Crippen molar-refractivity contribution in [3.63, 3.8) is 0 Å². The molecule has 12 heteroatoms. The van der Waals surface area contributed by atoms with Crippen molar-refractivity contribution in [1.82, 2.24) is 10.3 Å². The number of benzene rings is 2. The van der Waals surface area contributed by atoms with E-state index in [4.69, 9.17) is 23.8 Å². The van der Waals surface area contributed by atoms with Crippen molar-refractivity contribution in [3.05, 3.63) is 118 Å². The largest absolute Gasteiger partial charge is 0.446 e. The first-order valence-electron chi connectivity index (χ1n) is 19.8. The molecule has 0 bridgehead atoms. The van der Waals surface area contributed by atoms with Gasteiger partial charge >= 0.3 is 0 Å². The zero-order valence-corrected chi connectivity index (χ0v) is 32.5. The highest BCUT2D eigenvalue weighted by Crippen LogP contribution is 2.42. The van der Waals surface area contributed by atoms with Gasteiger partial charge in [0.2, 0.25) is 0 Å². The number of aromatic nitrogens is 1. The van der Waals surface area contributed by atoms with Gasteiger partial charge in [-0.3, -0.25) is 4.99 Å². The van der Waals surface area contributed by atoms with E-state index >= 15 is 0 Å². The summed E-state index contributed by atoms with van der Waals surface area (Å²) in [5, 5.41) is 13.0. The molecule has 56 heavy (non-hydrogen) atoms. The van der Waals surface area contributed by atoms with Gasteiger partial charge in [-0.25, -0.2) is 15.0 Å². The quantitative estimate of drug-likeness (QED) is 0.136. The lowest BCUT2D eigenvalue weighted by Gasteiger charge is -2.35. The van der Waals surface area contributed by atoms with Gasteiger partial charge in [0.25, 0.3) is 0 Å². The van der Waals surface area contributed by atoms with Crippen molar-refractivity contribution in [2.75, 3.05) is 46.6 Å². The van der Waals surface area contributed by atoms with Gasteiger partial charge < -0.3 is 34.6 Å². The van der Waals surface area contributed by atoms with E-state index in [1.54, 1.807) is 0 Å². The van der Waals surface area contributed by atoms with Crippen LogP contribution in [0.3, 0.4) is 0 Å². The molecule has 5 aliphatic heterocycles. The highest BCUT2D eigenvalue weighted by molar-refractivity contribution is 7.07. The lowest BCUT2D eigenvalue weighted by atomic mass is 9.84. The fourth-order valence-electron chi connectivity index (χ4n) is 8.43. The van der Waals surface area contributed by atoms with Crippen LogP contribution in [0.5, 0.6) is 0 Å². The molecule has 284 valence electrons. The van der Waals surface area contributed by atoms with E-state index in [2.05, 4.69) is 79.3 Å². The maximum atomic E-state index is 6.03. The molecule has 3 aromatic heterocycles. The van der Waals surface area contributed by atoms with Gasteiger partial charge in [0, 0.05) is 77.6 Å². The summed E-state index contributed by atoms with van der Waals surface area (Å²) in [6.45, 7) is 8.16. The number of piperidine rings is 2. The Balaban J connectivity index is 1.09. The third kappa shape index (κ3) is 6.82. The van der Waals surface area contributed by atoms with Crippen LogP contribution in [0.4, 0.5) is 34.5 Å². The van der Waals surface area contributed by atoms with Gasteiger partial charge in [-0.15, -0.1) is 11.3 Å². The molecule has 3 N–H and O–H groups in total. The standard InChI is InChI=1S/C44H45N9O2S/c1-27-9-15-39(54-27)46-36-23-30(52-17-5-3-6-18-52)11-13-32(36)34-21-29-22-35(49-44-41(29)43(48-34)50-42(51-44)38-25-56-26-45-38)33-14-12-31(53-19-7-4-8-20-53)24-37(33)47-40-16-10-28(2)55-40/h9-16,21-26,34,41,46-47H,3-8,17-20H2,1-2H3,(H,48,49,50,51). The summed E-state index contributed by atoms with van der Waals surface area (Å²) in [5.74, 6) is 4.94. The monoisotopic (exact) mass is 763 g/mol. The van der Waals surface area contributed by atoms with Crippen LogP contribution in [0.2, 0.25) is 0 Å². The van der Waals surface area contributed by atoms with Crippen molar-refractivity contribution >= 4 is 69.1 Å². The molecule has 0 radical (unpaired) electrons. The number of allylic oxidation sites excluding steroid dienone is 1. The van der Waals surface area contributed by atoms with Crippen molar-refractivity contribution in [3.8, 4) is 0 Å². The molecule has 0 saturated carbocycles. The highest BCUT2D eigenvalue weighted by Gasteiger charge is 2.38. The van der Waals surface area contributed by atoms with E-state index in [-0.39, 0.29) is 12.0 Å². The van der Waals surface area contributed by atoms with Crippen LogP contribution >= 0.6 is 11.3 Å². The fourth-order valence-corrected chi connectivity index (χ4v) is 8.96. The maximum Gasteiger partial charge on any atom is 0.197 e. The number of hydrogen-bond donors (Lipinski definition) is 3. The van der Waals surface area contributed by atoms with E-state index in [0.29, 0.717) is 23.4 Å². The molecule has 2 saturated heterocycles. The summed E-state index contributed by atoms with van der Waals surface area (Å²) in [7, 11) is 0. The molecule has 0 aliphatic carbocycles. The Morgan fingerprint density at radius 3 is 2.05 bits per heavy atom. The first-order chi connectivity index (χ1) is 27.5. The van der Waals surface area contributed by atoms with Gasteiger partial charge in [0.1, 0.15) is 34.8 Å². The normalized spacial score (nSPS) is 20.6. The van der Waals surface area contributed by atoms with Gasteiger partial charge in [-0.05, 0) is 106 Å². The molecular weight excluding hydrogens is 719 g/mol. The second-order valence-electron chi connectivity index (χ2n) is 15.2. The molecule has 10 rings (SSSR count). The van der Waals surface area contributed by atoms with Gasteiger partial charge in [-0.1, -0.05) is 12.1 Å². The number of furan rings is 2. The second kappa shape index (κ2) is 14.6. The lowest BCUT2D eigenvalue weighted by molar-refractivity contribution is 0.550. The third-order valence-corrected chi connectivity index (χ3v) is 11.8. The van der Waals surface area contributed by atoms with Crippen molar-refractivity contribution in [1.29, 1.82) is 0 Å². The van der Waals surface area contributed by atoms with Crippen molar-refractivity contribution < 1.29 is 8.83 Å². The Labute approximate surface area is 330 Å². The minimum atomic E-state index is -0.314. The van der Waals surface area contributed by atoms with Gasteiger partial charge in [0.15, 0.2) is 17.6 Å². The van der Waals surface area contributed by atoms with E-state index < -0.39 is 0 Å². The second-order valence-corrected chi connectivity index (χ2v) is 15.9. The number of hydrogen-bond acceptors (Lipinski definition) is 12. The van der Waals surface area contributed by atoms with E-state index in [9.17, 15) is 0 Å². The number of aliphatic imine (C=N–C) groups is 3. The minimum absolute atomic E-state index is 0.231. The van der Waals surface area contributed by atoms with Crippen LogP contribution in [-0.2, 0) is 0 Å². The maximum absolute atomic E-state index is 6.03. The first kappa shape index (κ1) is 34.6. The first-order valence-corrected chi connectivity index (χ1v) is 20.7. The Kier molecular flexibility index (Phi) is 9.05. The van der Waals surface area contributed by atoms with Gasteiger partial charge in [-0.2, -0.15) is 0 Å². The Morgan fingerprint density at radius 1 is 0.750 bits per heavy atom. The third-order valence-electron chi connectivity index (χ3n) is 11.3. The Hall–Kier alpha value is -5.88. The zero-order valence-electron chi connectivity index (χ0n) is 31.7. The number of anilines is 6. The fraction of sp³-hybridized carbons (Fsp3) is 0.318. The molecular formula is C44H45N9O2S. The molecule has 2 atom stereocenters. The molecule has 2 fully saturated rings. The van der Waals surface area contributed by atoms with E-state index in [1.807, 2.05) is 49.0 Å². The predicted octanol–water partition coefficient (Wildman–Crippen LogP) is 9.91. The van der Waals surface area contributed by atoms with Gasteiger partial charge in [0.05, 0.1) is 17.2 Å². The van der Waals surface area contributed by atoms with Crippen LogP contribution < -0.4 is 25.8 Å². The molecule has 0 spiro atoms. The van der Waals surface area contributed by atoms with Crippen LogP contribution in [-0.4, -0.2) is 48.7 Å². The van der Waals surface area contributed by atoms with Crippen LogP contribution in [0, 0.1) is 19.8 Å². The lowest BCUT2D eigenvalue weighted by Crippen LogP contribution is -2.43. The molecule has 2 unspecified atom stereocenters. The summed E-state index contributed by atoms with van der Waals surface area (Å²) in [4.78, 5) is 25.1. The van der Waals surface area contributed by atoms with Crippen molar-refractivity contribution in [2.45, 2.75) is 58.4 Å². The Morgan fingerprint density at radius 2 is 1.41 bits per heavy atom. The number of thiazole rings is 1. The number of rotatable bonds is 9. The molecule has 5 aliphatic rings. The molecule has 11 nitrogen and oxygen atoms in total. The average Bonchev–Trinajstić information content (AvgIpc) is 4.01. The molecule has 2 aromatic carbocycles. The summed E-state index contributed by atoms with van der Waals surface area (Å²) >= 11 is 1.53. The number of nitrogens with zero attached hydrogens (tertiary/aromatic N) is 6. The summed E-state index contributed by atoms with van der Waals surface area (Å²) in [5.41, 5.74) is 11.0. The highest BCUT2D eigenvalue weighted by atomic mass is 32.1. The molecule has 8 heterocycles. The number of dihydropyridines is 1. The summed E-state index contributed by atoms with van der Waals surface area (Å²) in [6, 6.07) is 21.0. The number of aryl methyl sites for hydroxylation is 2. The van der Waals surface area contributed by atoms with E-state index in [1.165, 1.54) is 61.2 Å². The average molecular weight is 764 g/mol. The molecule has 5 aromatic rings. The minimum Gasteiger partial charge on any atom is -0.446 e. The van der Waals surface area contributed by atoms with Crippen molar-refractivity contribution in [2.24, 2.45) is 20.9 Å². The topological polar surface area (TPSA) is 119 Å². The molecule has 0 amide bonds. The SMILES string of the molecule is Cc1ccc(Nc2cc(N3CCCCC3)ccc2C2=CC3=CC(c4ccc(N5CCCCC5)cc4Nc4ccc(C)o4)N=C4N=C(c5cscn5)N=C(N2)C34)o1. The number of nitrogens with one attached hydrogen (secondary N) is 3. The van der Waals surface area contributed by atoms with E-state index in [0.717, 1.165) is 83.0 Å². The summed E-state index contributed by atoms with van der Waals surface area (Å²) in [6.07, 6.45) is 11.9. The predicted molar refractivity (Wildman–Crippen MR) is 227 cm³/mol. The number of amidine groups is 3.